The molecule has 0 unspecified atom stereocenters. The summed E-state index contributed by atoms with van der Waals surface area (Å²) in [5.74, 6) is -0.320. The van der Waals surface area contributed by atoms with Crippen LogP contribution in [0.3, 0.4) is 0 Å². The van der Waals surface area contributed by atoms with E-state index in [0.717, 1.165) is 42.8 Å². The Bertz CT molecular complexity index is 659. The Balaban J connectivity index is 2.13. The van der Waals surface area contributed by atoms with E-state index in [1.165, 1.54) is 0 Å². The number of aliphatic hydroxyl groups is 1. The van der Waals surface area contributed by atoms with Crippen molar-refractivity contribution >= 4 is 12.0 Å². The van der Waals surface area contributed by atoms with Crippen LogP contribution in [0.25, 0.3) is 6.08 Å². The lowest BCUT2D eigenvalue weighted by atomic mass is 9.93. The Labute approximate surface area is 144 Å². The van der Waals surface area contributed by atoms with E-state index in [0.29, 0.717) is 12.8 Å². The van der Waals surface area contributed by atoms with Crippen LogP contribution in [0.2, 0.25) is 0 Å². The highest BCUT2D eigenvalue weighted by Gasteiger charge is 2.22. The molecule has 1 aliphatic carbocycles. The van der Waals surface area contributed by atoms with Gasteiger partial charge in [-0.1, -0.05) is 6.92 Å². The van der Waals surface area contributed by atoms with Crippen LogP contribution in [-0.4, -0.2) is 27.7 Å². The molecule has 1 amide bonds. The number of hydrogen-bond donors (Lipinski definition) is 2. The minimum atomic E-state index is -0.320. The monoisotopic (exact) mass is 329 g/mol. The van der Waals surface area contributed by atoms with E-state index in [2.05, 4.69) is 16.8 Å². The molecule has 0 bridgehead atoms. The molecule has 1 heterocycles. The highest BCUT2D eigenvalue weighted by molar-refractivity contribution is 6.02. The fraction of sp³-hybridized carbons (Fsp3) is 0.579. The van der Waals surface area contributed by atoms with Crippen molar-refractivity contribution in [2.24, 2.45) is 0 Å². The fourth-order valence-corrected chi connectivity index (χ4v) is 3.33. The molecule has 1 aromatic heterocycles. The molecule has 0 radical (unpaired) electrons. The van der Waals surface area contributed by atoms with Crippen LogP contribution in [0.1, 0.15) is 56.0 Å². The smallest absolute Gasteiger partial charge is 0.262 e. The minimum Gasteiger partial charge on any atom is -0.393 e. The highest BCUT2D eigenvalue weighted by Crippen LogP contribution is 2.21. The molecule has 1 saturated carbocycles. The van der Waals surface area contributed by atoms with Gasteiger partial charge in [-0.2, -0.15) is 5.26 Å². The molecular weight excluding hydrogens is 302 g/mol. The molecule has 24 heavy (non-hydrogen) atoms. The number of carbonyl (C=O) groups excluding carboxylic acids is 1. The van der Waals surface area contributed by atoms with E-state index in [1.807, 2.05) is 26.0 Å². The first-order chi connectivity index (χ1) is 11.5. The zero-order chi connectivity index (χ0) is 17.7. The fourth-order valence-electron chi connectivity index (χ4n) is 3.33. The predicted molar refractivity (Wildman–Crippen MR) is 94.2 cm³/mol. The average Bonchev–Trinajstić information content (AvgIpc) is 2.82. The first kappa shape index (κ1) is 18.3. The number of nitrogens with one attached hydrogen (secondary N) is 1. The molecule has 5 heteroatoms. The van der Waals surface area contributed by atoms with Crippen molar-refractivity contribution in [3.63, 3.8) is 0 Å². The molecule has 0 aliphatic heterocycles. The number of rotatable bonds is 5. The summed E-state index contributed by atoms with van der Waals surface area (Å²) in [4.78, 5) is 12.4. The van der Waals surface area contributed by atoms with Gasteiger partial charge < -0.3 is 15.0 Å². The molecule has 1 aromatic rings. The number of hydrogen-bond acceptors (Lipinski definition) is 3. The van der Waals surface area contributed by atoms with E-state index in [4.69, 9.17) is 0 Å². The van der Waals surface area contributed by atoms with Gasteiger partial charge in [0.25, 0.3) is 5.91 Å². The maximum absolute atomic E-state index is 12.4. The second kappa shape index (κ2) is 8.16. The van der Waals surface area contributed by atoms with Crippen LogP contribution < -0.4 is 5.32 Å². The van der Waals surface area contributed by atoms with Gasteiger partial charge in [0.15, 0.2) is 0 Å². The van der Waals surface area contributed by atoms with Gasteiger partial charge in [-0.05, 0) is 63.7 Å². The molecule has 1 fully saturated rings. The lowest BCUT2D eigenvalue weighted by Gasteiger charge is -2.26. The predicted octanol–water partition coefficient (Wildman–Crippen LogP) is 2.84. The van der Waals surface area contributed by atoms with E-state index in [-0.39, 0.29) is 23.6 Å². The first-order valence-electron chi connectivity index (χ1n) is 8.73. The second-order valence-corrected chi connectivity index (χ2v) is 6.63. The third-order valence-electron chi connectivity index (χ3n) is 4.76. The molecular formula is C19H27N3O2. The molecule has 2 N–H and O–H groups in total. The maximum Gasteiger partial charge on any atom is 0.262 e. The summed E-state index contributed by atoms with van der Waals surface area (Å²) in [6.45, 7) is 7.12. The Kier molecular flexibility index (Phi) is 6.22. The van der Waals surface area contributed by atoms with Crippen LogP contribution in [0.15, 0.2) is 11.6 Å². The van der Waals surface area contributed by atoms with Crippen molar-refractivity contribution in [3.05, 3.63) is 28.6 Å². The number of nitrogens with zero attached hydrogens (tertiary/aromatic N) is 2. The van der Waals surface area contributed by atoms with Gasteiger partial charge in [0, 0.05) is 24.0 Å². The lowest BCUT2D eigenvalue weighted by molar-refractivity contribution is -0.118. The SMILES string of the molecule is CCCn1c(C)cc(C=C(C#N)C(=O)NC2CCC(O)CC2)c1C. The van der Waals surface area contributed by atoms with Crippen LogP contribution >= 0.6 is 0 Å². The Morgan fingerprint density at radius 3 is 2.67 bits per heavy atom. The van der Waals surface area contributed by atoms with Crippen LogP contribution in [-0.2, 0) is 11.3 Å². The largest absolute Gasteiger partial charge is 0.393 e. The highest BCUT2D eigenvalue weighted by atomic mass is 16.3. The number of aliphatic hydroxyl groups excluding tert-OH is 1. The summed E-state index contributed by atoms with van der Waals surface area (Å²) in [6.07, 6.45) is 5.39. The third kappa shape index (κ3) is 4.27. The Morgan fingerprint density at radius 2 is 2.08 bits per heavy atom. The van der Waals surface area contributed by atoms with E-state index >= 15 is 0 Å². The molecule has 2 rings (SSSR count). The van der Waals surface area contributed by atoms with Crippen LogP contribution in [0.4, 0.5) is 0 Å². The topological polar surface area (TPSA) is 78.0 Å². The Morgan fingerprint density at radius 1 is 1.42 bits per heavy atom. The third-order valence-corrected chi connectivity index (χ3v) is 4.76. The van der Waals surface area contributed by atoms with Gasteiger partial charge in [-0.15, -0.1) is 0 Å². The minimum absolute atomic E-state index is 0.0465. The van der Waals surface area contributed by atoms with Crippen molar-refractivity contribution in [2.75, 3.05) is 0 Å². The molecule has 1 aliphatic rings. The number of aromatic nitrogens is 1. The molecule has 130 valence electrons. The number of amides is 1. The zero-order valence-corrected chi connectivity index (χ0v) is 14.8. The quantitative estimate of drug-likeness (QED) is 0.644. The summed E-state index contributed by atoms with van der Waals surface area (Å²) in [6, 6.07) is 4.09. The number of carbonyl (C=O) groups is 1. The van der Waals surface area contributed by atoms with Crippen molar-refractivity contribution in [1.82, 2.24) is 9.88 Å². The van der Waals surface area contributed by atoms with Crippen LogP contribution in [0.5, 0.6) is 0 Å². The van der Waals surface area contributed by atoms with Gasteiger partial charge in [-0.25, -0.2) is 0 Å². The molecule has 0 saturated heterocycles. The van der Waals surface area contributed by atoms with Crippen molar-refractivity contribution in [1.29, 1.82) is 5.26 Å². The van der Waals surface area contributed by atoms with Crippen LogP contribution in [0, 0.1) is 25.2 Å². The maximum atomic E-state index is 12.4. The Hall–Kier alpha value is -2.06. The molecule has 0 aromatic carbocycles. The number of aryl methyl sites for hydroxylation is 1. The van der Waals surface area contributed by atoms with Gasteiger partial charge in [0.1, 0.15) is 11.6 Å². The first-order valence-corrected chi connectivity index (χ1v) is 8.73. The average molecular weight is 329 g/mol. The number of nitriles is 1. The molecule has 5 nitrogen and oxygen atoms in total. The van der Waals surface area contributed by atoms with Gasteiger partial charge in [-0.3, -0.25) is 4.79 Å². The van der Waals surface area contributed by atoms with Crippen molar-refractivity contribution in [2.45, 2.75) is 71.6 Å². The van der Waals surface area contributed by atoms with E-state index < -0.39 is 0 Å². The normalized spacial score (nSPS) is 21.4. The van der Waals surface area contributed by atoms with E-state index in [9.17, 15) is 15.2 Å². The molecule has 0 spiro atoms. The van der Waals surface area contributed by atoms with Gasteiger partial charge >= 0.3 is 0 Å². The van der Waals surface area contributed by atoms with Gasteiger partial charge in [0.05, 0.1) is 6.10 Å². The summed E-state index contributed by atoms with van der Waals surface area (Å²) < 4.78 is 2.21. The second-order valence-electron chi connectivity index (χ2n) is 6.63. The van der Waals surface area contributed by atoms with E-state index in [1.54, 1.807) is 6.08 Å². The zero-order valence-electron chi connectivity index (χ0n) is 14.8. The summed E-state index contributed by atoms with van der Waals surface area (Å²) in [5.41, 5.74) is 3.28. The summed E-state index contributed by atoms with van der Waals surface area (Å²) >= 11 is 0. The van der Waals surface area contributed by atoms with Crippen molar-refractivity contribution in [3.8, 4) is 6.07 Å². The van der Waals surface area contributed by atoms with Crippen molar-refractivity contribution < 1.29 is 9.90 Å². The molecule has 0 atom stereocenters. The lowest BCUT2D eigenvalue weighted by Crippen LogP contribution is -2.39. The summed E-state index contributed by atoms with van der Waals surface area (Å²) in [7, 11) is 0. The standard InChI is InChI=1S/C19H27N3O2/c1-4-9-22-13(2)10-15(14(22)3)11-16(12-20)19(24)21-17-5-7-18(23)8-6-17/h10-11,17-18,23H,4-9H2,1-3H3,(H,21,24). The summed E-state index contributed by atoms with van der Waals surface area (Å²) in [5, 5.41) is 21.8. The van der Waals surface area contributed by atoms with Gasteiger partial charge in [0.2, 0.25) is 0 Å².